The molecule has 5 rings (SSSR count). The van der Waals surface area contributed by atoms with E-state index in [1.807, 2.05) is 61.5 Å². The summed E-state index contributed by atoms with van der Waals surface area (Å²) in [7, 11) is 1.62. The number of fused-ring (bicyclic) bond motifs is 2. The number of ether oxygens (including phenoxy) is 1. The van der Waals surface area contributed by atoms with Gasteiger partial charge in [0.25, 0.3) is 5.91 Å². The van der Waals surface area contributed by atoms with E-state index in [0.29, 0.717) is 22.5 Å². The van der Waals surface area contributed by atoms with Gasteiger partial charge in [0.15, 0.2) is 5.76 Å². The molecular weight excluding hydrogens is 380 g/mol. The lowest BCUT2D eigenvalue weighted by atomic mass is 10.1. The number of para-hydroxylation sites is 1. The van der Waals surface area contributed by atoms with Gasteiger partial charge in [-0.3, -0.25) is 4.79 Å². The van der Waals surface area contributed by atoms with E-state index in [1.54, 1.807) is 24.0 Å². The van der Waals surface area contributed by atoms with Gasteiger partial charge in [-0.2, -0.15) is 4.80 Å². The zero-order chi connectivity index (χ0) is 20.7. The minimum absolute atomic E-state index is 0.300. The molecule has 2 heterocycles. The number of nitrogens with one attached hydrogen (secondary N) is 1. The van der Waals surface area contributed by atoms with E-state index in [1.165, 1.54) is 0 Å². The molecule has 2 aromatic heterocycles. The van der Waals surface area contributed by atoms with Gasteiger partial charge in [-0.25, -0.2) is 0 Å². The van der Waals surface area contributed by atoms with Crippen LogP contribution in [0.1, 0.15) is 16.1 Å². The number of nitrogens with zero attached hydrogens (tertiary/aromatic N) is 3. The van der Waals surface area contributed by atoms with E-state index in [-0.39, 0.29) is 5.91 Å². The summed E-state index contributed by atoms with van der Waals surface area (Å²) >= 11 is 0. The summed E-state index contributed by atoms with van der Waals surface area (Å²) in [6.45, 7) is 1.88. The van der Waals surface area contributed by atoms with Crippen LogP contribution in [0.25, 0.3) is 27.7 Å². The summed E-state index contributed by atoms with van der Waals surface area (Å²) in [5.74, 6) is 0.769. The lowest BCUT2D eigenvalue weighted by molar-refractivity contribution is 0.0998. The molecule has 0 spiro atoms. The Kier molecular flexibility index (Phi) is 4.21. The van der Waals surface area contributed by atoms with Crippen molar-refractivity contribution in [2.24, 2.45) is 0 Å². The van der Waals surface area contributed by atoms with Crippen LogP contribution in [0.3, 0.4) is 0 Å². The minimum Gasteiger partial charge on any atom is -0.497 e. The van der Waals surface area contributed by atoms with Crippen molar-refractivity contribution >= 4 is 33.6 Å². The second-order valence-corrected chi connectivity index (χ2v) is 6.90. The number of anilines is 1. The Morgan fingerprint density at radius 2 is 1.77 bits per heavy atom. The van der Waals surface area contributed by atoms with E-state index in [0.717, 1.165) is 27.9 Å². The molecule has 0 radical (unpaired) electrons. The molecule has 3 aromatic carbocycles. The van der Waals surface area contributed by atoms with E-state index in [4.69, 9.17) is 9.15 Å². The van der Waals surface area contributed by atoms with E-state index in [2.05, 4.69) is 15.5 Å². The Bertz CT molecular complexity index is 1380. The molecule has 0 aliphatic heterocycles. The summed E-state index contributed by atoms with van der Waals surface area (Å²) in [6, 6.07) is 20.5. The topological polar surface area (TPSA) is 82.2 Å². The Hall–Kier alpha value is -4.13. The molecule has 1 N–H and O–H groups in total. The first kappa shape index (κ1) is 17.9. The first-order valence-corrected chi connectivity index (χ1v) is 9.43. The van der Waals surface area contributed by atoms with Crippen LogP contribution in [0, 0.1) is 6.92 Å². The molecule has 0 atom stereocenters. The van der Waals surface area contributed by atoms with E-state index in [9.17, 15) is 4.79 Å². The number of rotatable bonds is 4. The van der Waals surface area contributed by atoms with Gasteiger partial charge in [0, 0.05) is 16.6 Å². The summed E-state index contributed by atoms with van der Waals surface area (Å²) in [4.78, 5) is 14.3. The maximum atomic E-state index is 12.8. The first-order valence-electron chi connectivity index (χ1n) is 9.43. The van der Waals surface area contributed by atoms with E-state index < -0.39 is 0 Å². The lowest BCUT2D eigenvalue weighted by Gasteiger charge is -2.03. The molecule has 148 valence electrons. The molecule has 7 heteroatoms. The highest BCUT2D eigenvalue weighted by Crippen LogP contribution is 2.26. The van der Waals surface area contributed by atoms with Crippen LogP contribution in [0.2, 0.25) is 0 Å². The van der Waals surface area contributed by atoms with Crippen LogP contribution >= 0.6 is 0 Å². The van der Waals surface area contributed by atoms with Gasteiger partial charge < -0.3 is 14.5 Å². The maximum absolute atomic E-state index is 12.8. The van der Waals surface area contributed by atoms with Crippen molar-refractivity contribution in [3.05, 3.63) is 78.1 Å². The monoisotopic (exact) mass is 398 g/mol. The van der Waals surface area contributed by atoms with Gasteiger partial charge >= 0.3 is 0 Å². The summed E-state index contributed by atoms with van der Waals surface area (Å²) in [5, 5.41) is 12.8. The number of aryl methyl sites for hydroxylation is 1. The van der Waals surface area contributed by atoms with Gasteiger partial charge in [0.2, 0.25) is 0 Å². The van der Waals surface area contributed by atoms with Crippen LogP contribution < -0.4 is 10.1 Å². The number of aromatic nitrogens is 3. The molecule has 5 aromatic rings. The molecule has 1 amide bonds. The lowest BCUT2D eigenvalue weighted by Crippen LogP contribution is -2.12. The number of amides is 1. The molecule has 0 saturated carbocycles. The molecule has 30 heavy (non-hydrogen) atoms. The van der Waals surface area contributed by atoms with E-state index >= 15 is 0 Å². The average molecular weight is 398 g/mol. The van der Waals surface area contributed by atoms with Crippen molar-refractivity contribution in [3.8, 4) is 11.4 Å². The van der Waals surface area contributed by atoms with Gasteiger partial charge in [-0.1, -0.05) is 18.2 Å². The Balaban J connectivity index is 1.43. The van der Waals surface area contributed by atoms with Gasteiger partial charge in [0.1, 0.15) is 22.4 Å². The average Bonchev–Trinajstić information content (AvgIpc) is 3.35. The fourth-order valence-electron chi connectivity index (χ4n) is 3.40. The second-order valence-electron chi connectivity index (χ2n) is 6.90. The molecular formula is C23H18N4O3. The van der Waals surface area contributed by atoms with Crippen molar-refractivity contribution in [2.45, 2.75) is 6.92 Å². The highest BCUT2D eigenvalue weighted by molar-refractivity contribution is 6.06. The minimum atomic E-state index is -0.300. The van der Waals surface area contributed by atoms with Crippen molar-refractivity contribution in [3.63, 3.8) is 0 Å². The number of methoxy groups -OCH3 is 1. The quantitative estimate of drug-likeness (QED) is 0.473. The standard InChI is InChI=1S/C23H18N4O3/c1-14-18-5-3-4-6-21(18)30-22(14)23(28)24-15-7-12-19-20(13-15)26-27(25-19)16-8-10-17(29-2)11-9-16/h3-13H,1-2H3,(H,24,28). The predicted molar refractivity (Wildman–Crippen MR) is 114 cm³/mol. The maximum Gasteiger partial charge on any atom is 0.291 e. The summed E-state index contributed by atoms with van der Waals surface area (Å²) in [5.41, 5.74) is 4.34. The third-order valence-corrected chi connectivity index (χ3v) is 4.99. The summed E-state index contributed by atoms with van der Waals surface area (Å²) < 4.78 is 10.9. The largest absolute Gasteiger partial charge is 0.497 e. The fraction of sp³-hybridized carbons (Fsp3) is 0.0870. The first-order chi connectivity index (χ1) is 14.6. The zero-order valence-corrected chi connectivity index (χ0v) is 16.4. The second kappa shape index (κ2) is 7.04. The highest BCUT2D eigenvalue weighted by Gasteiger charge is 2.18. The third-order valence-electron chi connectivity index (χ3n) is 4.99. The fourth-order valence-corrected chi connectivity index (χ4v) is 3.40. The molecule has 0 unspecified atom stereocenters. The van der Waals surface area contributed by atoms with Crippen molar-refractivity contribution < 1.29 is 13.9 Å². The Morgan fingerprint density at radius 3 is 2.53 bits per heavy atom. The predicted octanol–water partition coefficient (Wildman–Crippen LogP) is 4.74. The Labute approximate surface area is 171 Å². The normalized spacial score (nSPS) is 11.1. The molecule has 0 aliphatic rings. The SMILES string of the molecule is COc1ccc(-n2nc3ccc(NC(=O)c4oc5ccccc5c4C)cc3n2)cc1. The number of benzene rings is 3. The molecule has 7 nitrogen and oxygen atoms in total. The number of carbonyl (C=O) groups is 1. The van der Waals surface area contributed by atoms with Crippen LogP contribution in [-0.4, -0.2) is 28.0 Å². The summed E-state index contributed by atoms with van der Waals surface area (Å²) in [6.07, 6.45) is 0. The number of carbonyl (C=O) groups excluding carboxylic acids is 1. The molecule has 0 saturated heterocycles. The van der Waals surface area contributed by atoms with Crippen molar-refractivity contribution in [2.75, 3.05) is 12.4 Å². The molecule has 0 fully saturated rings. The Morgan fingerprint density at radius 1 is 1.00 bits per heavy atom. The number of hydrogen-bond donors (Lipinski definition) is 1. The number of furan rings is 1. The smallest absolute Gasteiger partial charge is 0.291 e. The van der Waals surface area contributed by atoms with Crippen molar-refractivity contribution in [1.82, 2.24) is 15.0 Å². The number of hydrogen-bond acceptors (Lipinski definition) is 5. The van der Waals surface area contributed by atoms with Crippen LogP contribution in [-0.2, 0) is 0 Å². The van der Waals surface area contributed by atoms with Gasteiger partial charge in [-0.15, -0.1) is 10.2 Å². The highest BCUT2D eigenvalue weighted by atomic mass is 16.5. The van der Waals surface area contributed by atoms with Gasteiger partial charge in [-0.05, 0) is 55.5 Å². The van der Waals surface area contributed by atoms with Gasteiger partial charge in [0.05, 0.1) is 12.8 Å². The van der Waals surface area contributed by atoms with Crippen LogP contribution in [0.5, 0.6) is 5.75 Å². The third kappa shape index (κ3) is 3.06. The van der Waals surface area contributed by atoms with Crippen LogP contribution in [0.15, 0.2) is 71.1 Å². The molecule has 0 aliphatic carbocycles. The van der Waals surface area contributed by atoms with Crippen molar-refractivity contribution in [1.29, 1.82) is 0 Å². The molecule has 0 bridgehead atoms. The zero-order valence-electron chi connectivity index (χ0n) is 16.4. The van der Waals surface area contributed by atoms with Crippen LogP contribution in [0.4, 0.5) is 5.69 Å².